The smallest absolute Gasteiger partial charge is 0.277 e. The molecule has 2 aromatic carbocycles. The molecule has 0 bridgehead atoms. The van der Waals surface area contributed by atoms with E-state index in [4.69, 9.17) is 4.42 Å². The van der Waals surface area contributed by atoms with Crippen LogP contribution < -0.4 is 0 Å². The highest BCUT2D eigenvalue weighted by atomic mass is 32.2. The van der Waals surface area contributed by atoms with Gasteiger partial charge in [0, 0.05) is 5.56 Å². The van der Waals surface area contributed by atoms with Crippen LogP contribution in [0.15, 0.2) is 70.3 Å². The van der Waals surface area contributed by atoms with Gasteiger partial charge in [0.05, 0.1) is 11.4 Å². The van der Waals surface area contributed by atoms with Gasteiger partial charge >= 0.3 is 0 Å². The van der Waals surface area contributed by atoms with Gasteiger partial charge < -0.3 is 4.42 Å². The molecule has 7 nitrogen and oxygen atoms in total. The van der Waals surface area contributed by atoms with Gasteiger partial charge in [-0.25, -0.2) is 0 Å². The molecule has 0 aliphatic carbocycles. The maximum atomic E-state index is 5.68. The minimum Gasteiger partial charge on any atom is -0.411 e. The van der Waals surface area contributed by atoms with Gasteiger partial charge in [-0.3, -0.25) is 0 Å². The number of para-hydroxylation sites is 1. The molecule has 0 radical (unpaired) electrons. The van der Waals surface area contributed by atoms with E-state index < -0.39 is 0 Å². The first-order chi connectivity index (χ1) is 11.9. The Bertz CT molecular complexity index is 922. The summed E-state index contributed by atoms with van der Waals surface area (Å²) < 4.78 is 7.37. The van der Waals surface area contributed by atoms with Crippen molar-refractivity contribution in [3.8, 4) is 17.1 Å². The van der Waals surface area contributed by atoms with Crippen molar-refractivity contribution < 1.29 is 4.42 Å². The van der Waals surface area contributed by atoms with Gasteiger partial charge in [-0.1, -0.05) is 48.2 Å². The van der Waals surface area contributed by atoms with Crippen molar-refractivity contribution in [1.82, 2.24) is 30.4 Å². The van der Waals surface area contributed by atoms with E-state index in [1.54, 1.807) is 4.68 Å². The molecule has 0 saturated heterocycles. The van der Waals surface area contributed by atoms with Gasteiger partial charge in [-0.15, -0.1) is 15.3 Å². The Morgan fingerprint density at radius 2 is 1.62 bits per heavy atom. The second kappa shape index (κ2) is 6.63. The minimum atomic E-state index is 0.483. The van der Waals surface area contributed by atoms with E-state index in [-0.39, 0.29) is 0 Å². The summed E-state index contributed by atoms with van der Waals surface area (Å²) in [5.41, 5.74) is 1.81. The monoisotopic (exact) mass is 336 g/mol. The van der Waals surface area contributed by atoms with Crippen LogP contribution in [0.4, 0.5) is 0 Å². The second-order valence-corrected chi connectivity index (χ2v) is 5.80. The van der Waals surface area contributed by atoms with Crippen LogP contribution in [-0.4, -0.2) is 30.4 Å². The molecule has 118 valence electrons. The topological polar surface area (TPSA) is 82.5 Å². The van der Waals surface area contributed by atoms with Crippen LogP contribution in [0, 0.1) is 0 Å². The van der Waals surface area contributed by atoms with Crippen LogP contribution in [-0.2, 0) is 5.75 Å². The average Bonchev–Trinajstić information content (AvgIpc) is 3.31. The van der Waals surface area contributed by atoms with Crippen molar-refractivity contribution in [3.05, 3.63) is 66.5 Å². The Morgan fingerprint density at radius 3 is 2.42 bits per heavy atom. The van der Waals surface area contributed by atoms with Crippen LogP contribution in [0.2, 0.25) is 0 Å². The minimum absolute atomic E-state index is 0.483. The molecule has 0 atom stereocenters. The average molecular weight is 336 g/mol. The molecule has 0 N–H and O–H groups in total. The molecule has 0 saturated carbocycles. The second-order valence-electron chi connectivity index (χ2n) is 4.87. The molecule has 0 spiro atoms. The number of hydrogen-bond acceptors (Lipinski definition) is 7. The lowest BCUT2D eigenvalue weighted by Crippen LogP contribution is -2.01. The molecule has 4 rings (SSSR count). The van der Waals surface area contributed by atoms with Crippen molar-refractivity contribution in [2.24, 2.45) is 0 Å². The van der Waals surface area contributed by atoms with Gasteiger partial charge in [0.25, 0.3) is 5.22 Å². The van der Waals surface area contributed by atoms with Crippen LogP contribution in [0.25, 0.3) is 17.1 Å². The number of rotatable bonds is 5. The predicted octanol–water partition coefficient (Wildman–Crippen LogP) is 3.00. The third-order valence-corrected chi connectivity index (χ3v) is 4.10. The maximum absolute atomic E-state index is 5.68. The van der Waals surface area contributed by atoms with Crippen LogP contribution >= 0.6 is 11.8 Å². The quantitative estimate of drug-likeness (QED) is 0.518. The SMILES string of the molecule is c1ccc(-c2nnc(SCc3nnnn3-c3ccccc3)o2)cc1. The molecule has 0 unspecified atom stereocenters. The number of tetrazole rings is 1. The van der Waals surface area contributed by atoms with Crippen molar-refractivity contribution in [2.75, 3.05) is 0 Å². The van der Waals surface area contributed by atoms with Crippen molar-refractivity contribution in [1.29, 1.82) is 0 Å². The zero-order chi connectivity index (χ0) is 16.2. The Balaban J connectivity index is 1.49. The van der Waals surface area contributed by atoms with E-state index in [2.05, 4.69) is 25.7 Å². The first-order valence-corrected chi connectivity index (χ1v) is 8.23. The number of nitrogens with zero attached hydrogens (tertiary/aromatic N) is 6. The van der Waals surface area contributed by atoms with E-state index in [9.17, 15) is 0 Å². The van der Waals surface area contributed by atoms with Crippen molar-refractivity contribution in [2.45, 2.75) is 11.0 Å². The molecular formula is C16H12N6OS. The first kappa shape index (κ1) is 14.6. The van der Waals surface area contributed by atoms with Gasteiger partial charge in [-0.2, -0.15) is 4.68 Å². The highest BCUT2D eigenvalue weighted by Gasteiger charge is 2.12. The molecular weight excluding hydrogens is 324 g/mol. The summed E-state index contributed by atoms with van der Waals surface area (Å²) >= 11 is 1.40. The van der Waals surface area contributed by atoms with Crippen LogP contribution in [0.3, 0.4) is 0 Å². The maximum Gasteiger partial charge on any atom is 0.277 e. The zero-order valence-corrected chi connectivity index (χ0v) is 13.3. The molecule has 8 heteroatoms. The number of thioether (sulfide) groups is 1. The van der Waals surface area contributed by atoms with E-state index in [0.717, 1.165) is 11.3 Å². The van der Waals surface area contributed by atoms with Gasteiger partial charge in [0.15, 0.2) is 5.82 Å². The Morgan fingerprint density at radius 1 is 0.875 bits per heavy atom. The first-order valence-electron chi connectivity index (χ1n) is 7.24. The molecule has 2 aromatic heterocycles. The summed E-state index contributed by atoms with van der Waals surface area (Å²) in [6.45, 7) is 0. The standard InChI is InChI=1S/C16H12N6OS/c1-3-7-12(8-4-1)15-18-19-16(23-15)24-11-14-17-20-21-22(14)13-9-5-2-6-10-13/h1-10H,11H2. The normalized spacial score (nSPS) is 10.8. The summed E-state index contributed by atoms with van der Waals surface area (Å²) in [5, 5.41) is 20.5. The van der Waals surface area contributed by atoms with Crippen LogP contribution in [0.1, 0.15) is 5.82 Å². The van der Waals surface area contributed by atoms with Crippen molar-refractivity contribution >= 4 is 11.8 Å². The Kier molecular flexibility index (Phi) is 4.03. The third kappa shape index (κ3) is 3.04. The van der Waals surface area contributed by atoms with E-state index >= 15 is 0 Å². The van der Waals surface area contributed by atoms with Gasteiger partial charge in [-0.05, 0) is 34.7 Å². The van der Waals surface area contributed by atoms with E-state index in [1.807, 2.05) is 60.7 Å². The summed E-state index contributed by atoms with van der Waals surface area (Å²) in [7, 11) is 0. The largest absolute Gasteiger partial charge is 0.411 e. The molecule has 0 amide bonds. The fraction of sp³-hybridized carbons (Fsp3) is 0.0625. The Labute approximate surface area is 141 Å². The number of benzene rings is 2. The summed E-state index contributed by atoms with van der Waals surface area (Å²) in [6.07, 6.45) is 0. The predicted molar refractivity (Wildman–Crippen MR) is 88.4 cm³/mol. The molecule has 0 fully saturated rings. The lowest BCUT2D eigenvalue weighted by Gasteiger charge is -2.02. The van der Waals surface area contributed by atoms with Crippen LogP contribution in [0.5, 0.6) is 0 Å². The van der Waals surface area contributed by atoms with Crippen molar-refractivity contribution in [3.63, 3.8) is 0 Å². The summed E-state index contributed by atoms with van der Waals surface area (Å²) in [6, 6.07) is 19.4. The van der Waals surface area contributed by atoms with E-state index in [1.165, 1.54) is 11.8 Å². The van der Waals surface area contributed by atoms with Gasteiger partial charge in [0.1, 0.15) is 0 Å². The highest BCUT2D eigenvalue weighted by molar-refractivity contribution is 7.98. The molecule has 0 aliphatic rings. The molecule has 4 aromatic rings. The highest BCUT2D eigenvalue weighted by Crippen LogP contribution is 2.25. The lowest BCUT2D eigenvalue weighted by molar-refractivity contribution is 0.465. The number of aromatic nitrogens is 6. The zero-order valence-electron chi connectivity index (χ0n) is 12.5. The molecule has 0 aliphatic heterocycles. The molecule has 24 heavy (non-hydrogen) atoms. The summed E-state index contributed by atoms with van der Waals surface area (Å²) in [5.74, 6) is 1.74. The Hall–Kier alpha value is -3.00. The fourth-order valence-corrected chi connectivity index (χ4v) is 2.83. The lowest BCUT2D eigenvalue weighted by atomic mass is 10.2. The number of hydrogen-bond donors (Lipinski definition) is 0. The summed E-state index contributed by atoms with van der Waals surface area (Å²) in [4.78, 5) is 0. The van der Waals surface area contributed by atoms with E-state index in [0.29, 0.717) is 22.7 Å². The molecule has 2 heterocycles. The third-order valence-electron chi connectivity index (χ3n) is 3.29. The van der Waals surface area contributed by atoms with Gasteiger partial charge in [0.2, 0.25) is 5.89 Å². The fourth-order valence-electron chi connectivity index (χ4n) is 2.16.